The zero-order valence-electron chi connectivity index (χ0n) is 10.0. The molecule has 0 amide bonds. The number of rotatable bonds is 4. The first-order chi connectivity index (χ1) is 8.66. The standard InChI is InChI=1S/C14H14N2OS/c1-10(14(17)11-5-3-2-4-6-11)18-12-7-8-13(15)16-9-12/h2-10H,1H3,(H2,15,16). The predicted molar refractivity (Wildman–Crippen MR) is 74.7 cm³/mol. The highest BCUT2D eigenvalue weighted by atomic mass is 32.2. The highest BCUT2D eigenvalue weighted by Crippen LogP contribution is 2.25. The minimum atomic E-state index is -0.141. The van der Waals surface area contributed by atoms with Crippen LogP contribution in [0.25, 0.3) is 0 Å². The largest absolute Gasteiger partial charge is 0.384 e. The first-order valence-corrected chi connectivity index (χ1v) is 6.52. The Kier molecular flexibility index (Phi) is 3.99. The van der Waals surface area contributed by atoms with Crippen molar-refractivity contribution in [2.45, 2.75) is 17.1 Å². The Morgan fingerprint density at radius 1 is 1.22 bits per heavy atom. The van der Waals surface area contributed by atoms with Crippen LogP contribution < -0.4 is 5.73 Å². The molecule has 0 bridgehead atoms. The van der Waals surface area contributed by atoms with Gasteiger partial charge in [-0.15, -0.1) is 11.8 Å². The molecule has 1 unspecified atom stereocenters. The molecule has 0 radical (unpaired) electrons. The number of carbonyl (C=O) groups is 1. The summed E-state index contributed by atoms with van der Waals surface area (Å²) in [7, 11) is 0. The fourth-order valence-electron chi connectivity index (χ4n) is 1.56. The molecule has 4 heteroatoms. The van der Waals surface area contributed by atoms with Crippen molar-refractivity contribution in [1.29, 1.82) is 0 Å². The second kappa shape index (κ2) is 5.69. The number of thioether (sulfide) groups is 1. The number of nitrogens with zero attached hydrogens (tertiary/aromatic N) is 1. The second-order valence-electron chi connectivity index (χ2n) is 3.91. The molecule has 1 atom stereocenters. The lowest BCUT2D eigenvalue weighted by Crippen LogP contribution is -2.13. The Morgan fingerprint density at radius 2 is 1.94 bits per heavy atom. The van der Waals surface area contributed by atoms with Gasteiger partial charge in [0.25, 0.3) is 0 Å². The molecule has 1 heterocycles. The monoisotopic (exact) mass is 258 g/mol. The Bertz CT molecular complexity index is 525. The van der Waals surface area contributed by atoms with E-state index < -0.39 is 0 Å². The van der Waals surface area contributed by atoms with Gasteiger partial charge >= 0.3 is 0 Å². The van der Waals surface area contributed by atoms with Crippen LogP contribution in [0.4, 0.5) is 5.82 Å². The molecule has 2 aromatic rings. The summed E-state index contributed by atoms with van der Waals surface area (Å²) in [5, 5.41) is -0.141. The van der Waals surface area contributed by atoms with E-state index in [1.54, 1.807) is 12.3 Å². The van der Waals surface area contributed by atoms with Crippen LogP contribution in [0.1, 0.15) is 17.3 Å². The van der Waals surface area contributed by atoms with Gasteiger partial charge in [-0.1, -0.05) is 30.3 Å². The molecule has 1 aromatic carbocycles. The van der Waals surface area contributed by atoms with E-state index in [-0.39, 0.29) is 11.0 Å². The Labute approximate surface area is 110 Å². The van der Waals surface area contributed by atoms with Gasteiger partial charge in [-0.2, -0.15) is 0 Å². The Morgan fingerprint density at radius 3 is 2.56 bits per heavy atom. The SMILES string of the molecule is CC(Sc1ccc(N)nc1)C(=O)c1ccccc1. The van der Waals surface area contributed by atoms with E-state index in [1.807, 2.05) is 43.3 Å². The smallest absolute Gasteiger partial charge is 0.175 e. The number of pyridine rings is 1. The number of nitrogens with two attached hydrogens (primary N) is 1. The average molecular weight is 258 g/mol. The zero-order valence-corrected chi connectivity index (χ0v) is 10.9. The molecule has 2 N–H and O–H groups in total. The molecule has 0 saturated carbocycles. The van der Waals surface area contributed by atoms with Crippen LogP contribution in [0.2, 0.25) is 0 Å². The summed E-state index contributed by atoms with van der Waals surface area (Å²) in [5.74, 6) is 0.610. The number of benzene rings is 1. The van der Waals surface area contributed by atoms with Crippen LogP contribution in [0.15, 0.2) is 53.6 Å². The molecule has 1 aromatic heterocycles. The van der Waals surface area contributed by atoms with E-state index >= 15 is 0 Å². The molecule has 2 rings (SSSR count). The van der Waals surface area contributed by atoms with Crippen LogP contribution in [0, 0.1) is 0 Å². The maximum atomic E-state index is 12.2. The van der Waals surface area contributed by atoms with Crippen molar-refractivity contribution in [2.75, 3.05) is 5.73 Å². The second-order valence-corrected chi connectivity index (χ2v) is 5.32. The summed E-state index contributed by atoms with van der Waals surface area (Å²) >= 11 is 1.49. The van der Waals surface area contributed by atoms with E-state index in [9.17, 15) is 4.79 Å². The van der Waals surface area contributed by atoms with Crippen molar-refractivity contribution >= 4 is 23.4 Å². The lowest BCUT2D eigenvalue weighted by molar-refractivity contribution is 0.0994. The fourth-order valence-corrected chi connectivity index (χ4v) is 2.47. The fraction of sp³-hybridized carbons (Fsp3) is 0.143. The molecule has 0 aliphatic rings. The van der Waals surface area contributed by atoms with Crippen LogP contribution in [0.5, 0.6) is 0 Å². The maximum Gasteiger partial charge on any atom is 0.175 e. The summed E-state index contributed by atoms with van der Waals surface area (Å²) in [6.45, 7) is 1.90. The number of carbonyl (C=O) groups excluding carboxylic acids is 1. The van der Waals surface area contributed by atoms with E-state index in [0.29, 0.717) is 5.82 Å². The number of Topliss-reactive ketones (excluding diaryl/α,β-unsaturated/α-hetero) is 1. The van der Waals surface area contributed by atoms with Crippen LogP contribution in [-0.4, -0.2) is 16.0 Å². The van der Waals surface area contributed by atoms with Crippen molar-refractivity contribution in [2.24, 2.45) is 0 Å². The van der Waals surface area contributed by atoms with Crippen molar-refractivity contribution < 1.29 is 4.79 Å². The van der Waals surface area contributed by atoms with Gasteiger partial charge in [0.1, 0.15) is 5.82 Å². The molecule has 0 aliphatic carbocycles. The van der Waals surface area contributed by atoms with E-state index in [1.165, 1.54) is 11.8 Å². The van der Waals surface area contributed by atoms with Crippen molar-refractivity contribution in [3.8, 4) is 0 Å². The third kappa shape index (κ3) is 3.11. The van der Waals surface area contributed by atoms with Crippen LogP contribution in [0.3, 0.4) is 0 Å². The normalized spacial score (nSPS) is 12.1. The molecule has 0 saturated heterocycles. The van der Waals surface area contributed by atoms with Gasteiger partial charge in [0.05, 0.1) is 5.25 Å². The average Bonchev–Trinajstić information content (AvgIpc) is 2.41. The summed E-state index contributed by atoms with van der Waals surface area (Å²) in [6.07, 6.45) is 1.69. The summed E-state index contributed by atoms with van der Waals surface area (Å²) in [6, 6.07) is 12.9. The molecule has 3 nitrogen and oxygen atoms in total. The first-order valence-electron chi connectivity index (χ1n) is 5.64. The van der Waals surface area contributed by atoms with Gasteiger partial charge in [-0.25, -0.2) is 4.98 Å². The van der Waals surface area contributed by atoms with Gasteiger partial charge in [-0.3, -0.25) is 4.79 Å². The third-order valence-electron chi connectivity index (χ3n) is 2.50. The number of ketones is 1. The van der Waals surface area contributed by atoms with Gasteiger partial charge in [-0.05, 0) is 19.1 Å². The Hall–Kier alpha value is -1.81. The van der Waals surface area contributed by atoms with Gasteiger partial charge in [0.2, 0.25) is 0 Å². The molecule has 0 fully saturated rings. The zero-order chi connectivity index (χ0) is 13.0. The van der Waals surface area contributed by atoms with Gasteiger partial charge < -0.3 is 5.73 Å². The van der Waals surface area contributed by atoms with Crippen molar-refractivity contribution in [1.82, 2.24) is 4.98 Å². The third-order valence-corrected chi connectivity index (χ3v) is 3.58. The van der Waals surface area contributed by atoms with Crippen LogP contribution >= 0.6 is 11.8 Å². The first kappa shape index (κ1) is 12.6. The molecule has 0 spiro atoms. The molecule has 92 valence electrons. The van der Waals surface area contributed by atoms with E-state index in [4.69, 9.17) is 5.73 Å². The predicted octanol–water partition coefficient (Wildman–Crippen LogP) is 3.03. The molecular weight excluding hydrogens is 244 g/mol. The number of nitrogen functional groups attached to an aromatic ring is 1. The summed E-state index contributed by atoms with van der Waals surface area (Å²) in [4.78, 5) is 17.1. The van der Waals surface area contributed by atoms with Crippen molar-refractivity contribution in [3.63, 3.8) is 0 Å². The lowest BCUT2D eigenvalue weighted by Gasteiger charge is -2.10. The Balaban J connectivity index is 2.06. The quantitative estimate of drug-likeness (QED) is 0.676. The highest BCUT2D eigenvalue weighted by Gasteiger charge is 2.16. The number of hydrogen-bond acceptors (Lipinski definition) is 4. The highest BCUT2D eigenvalue weighted by molar-refractivity contribution is 8.00. The van der Waals surface area contributed by atoms with Gasteiger partial charge in [0, 0.05) is 16.7 Å². The topological polar surface area (TPSA) is 56.0 Å². The summed E-state index contributed by atoms with van der Waals surface area (Å²) in [5.41, 5.74) is 6.26. The minimum absolute atomic E-state index is 0.123. The van der Waals surface area contributed by atoms with E-state index in [0.717, 1.165) is 10.5 Å². The van der Waals surface area contributed by atoms with Crippen molar-refractivity contribution in [3.05, 3.63) is 54.2 Å². The number of anilines is 1. The van der Waals surface area contributed by atoms with Gasteiger partial charge in [0.15, 0.2) is 5.78 Å². The summed E-state index contributed by atoms with van der Waals surface area (Å²) < 4.78 is 0. The van der Waals surface area contributed by atoms with E-state index in [2.05, 4.69) is 4.98 Å². The lowest BCUT2D eigenvalue weighted by atomic mass is 10.1. The maximum absolute atomic E-state index is 12.2. The molecule has 18 heavy (non-hydrogen) atoms. The minimum Gasteiger partial charge on any atom is -0.384 e. The molecular formula is C14H14N2OS. The molecule has 0 aliphatic heterocycles. The number of aromatic nitrogens is 1. The van der Waals surface area contributed by atoms with Crippen LogP contribution in [-0.2, 0) is 0 Å². The number of hydrogen-bond donors (Lipinski definition) is 1.